The van der Waals surface area contributed by atoms with Gasteiger partial charge in [0.2, 0.25) is 11.8 Å². The lowest BCUT2D eigenvalue weighted by atomic mass is 9.88. The van der Waals surface area contributed by atoms with E-state index in [1.165, 1.54) is 24.6 Å². The van der Waals surface area contributed by atoms with Crippen molar-refractivity contribution in [3.8, 4) is 0 Å². The van der Waals surface area contributed by atoms with E-state index >= 15 is 0 Å². The van der Waals surface area contributed by atoms with Crippen LogP contribution < -0.4 is 10.6 Å². The van der Waals surface area contributed by atoms with Crippen molar-refractivity contribution in [3.05, 3.63) is 30.1 Å². The Morgan fingerprint density at radius 2 is 1.82 bits per heavy atom. The maximum absolute atomic E-state index is 13.2. The molecule has 0 atom stereocenters. The molecule has 1 aromatic rings. The molecule has 22 heavy (non-hydrogen) atoms. The van der Waals surface area contributed by atoms with Crippen molar-refractivity contribution in [2.75, 3.05) is 5.32 Å². The van der Waals surface area contributed by atoms with E-state index in [1.807, 2.05) is 0 Å². The Bertz CT molecular complexity index is 551. The van der Waals surface area contributed by atoms with E-state index < -0.39 is 17.1 Å². The van der Waals surface area contributed by atoms with Gasteiger partial charge in [-0.3, -0.25) is 9.59 Å². The van der Waals surface area contributed by atoms with Gasteiger partial charge in [0.25, 0.3) is 0 Å². The molecule has 0 saturated heterocycles. The quantitative estimate of drug-likeness (QED) is 0.839. The number of rotatable bonds is 4. The fraction of sp³-hybridized carbons (Fsp3) is 0.529. The third-order valence-electron chi connectivity index (χ3n) is 4.16. The lowest BCUT2D eigenvalue weighted by Gasteiger charge is -2.28. The summed E-state index contributed by atoms with van der Waals surface area (Å²) in [6.07, 6.45) is 5.36. The van der Waals surface area contributed by atoms with Gasteiger partial charge < -0.3 is 10.6 Å². The second-order valence-electron chi connectivity index (χ2n) is 6.40. The molecule has 1 fully saturated rings. The third-order valence-corrected chi connectivity index (χ3v) is 4.16. The maximum Gasteiger partial charge on any atom is 0.239 e. The summed E-state index contributed by atoms with van der Waals surface area (Å²) in [5, 5.41) is 5.56. The average Bonchev–Trinajstić information content (AvgIpc) is 2.48. The zero-order valence-corrected chi connectivity index (χ0v) is 13.1. The number of nitrogens with one attached hydrogen (secondary N) is 2. The minimum atomic E-state index is -1.20. The van der Waals surface area contributed by atoms with Crippen molar-refractivity contribution in [1.82, 2.24) is 5.32 Å². The van der Waals surface area contributed by atoms with Gasteiger partial charge in [0.05, 0.1) is 0 Å². The van der Waals surface area contributed by atoms with Crippen molar-refractivity contribution in [1.29, 1.82) is 0 Å². The van der Waals surface area contributed by atoms with E-state index in [9.17, 15) is 14.0 Å². The Hall–Kier alpha value is -1.91. The Morgan fingerprint density at radius 3 is 2.45 bits per heavy atom. The van der Waals surface area contributed by atoms with Crippen LogP contribution in [0.5, 0.6) is 0 Å². The molecule has 0 radical (unpaired) electrons. The Labute approximate surface area is 130 Å². The first-order valence-corrected chi connectivity index (χ1v) is 7.77. The number of benzene rings is 1. The van der Waals surface area contributed by atoms with Gasteiger partial charge in [0.1, 0.15) is 11.2 Å². The zero-order valence-electron chi connectivity index (χ0n) is 13.1. The predicted molar refractivity (Wildman–Crippen MR) is 83.8 cm³/mol. The maximum atomic E-state index is 13.2. The molecule has 1 saturated carbocycles. The van der Waals surface area contributed by atoms with Gasteiger partial charge in [-0.05, 0) is 44.9 Å². The number of hydrogen-bond acceptors (Lipinski definition) is 2. The summed E-state index contributed by atoms with van der Waals surface area (Å²) in [6.45, 7) is 3.17. The molecule has 0 bridgehead atoms. The minimum Gasteiger partial charge on any atom is -0.352 e. The van der Waals surface area contributed by atoms with E-state index in [1.54, 1.807) is 19.9 Å². The highest BCUT2D eigenvalue weighted by molar-refractivity contribution is 6.09. The molecular formula is C17H23FN2O2. The number of halogens is 1. The van der Waals surface area contributed by atoms with E-state index in [2.05, 4.69) is 10.6 Å². The van der Waals surface area contributed by atoms with E-state index in [0.717, 1.165) is 25.7 Å². The largest absolute Gasteiger partial charge is 0.352 e. The highest BCUT2D eigenvalue weighted by atomic mass is 19.1. The van der Waals surface area contributed by atoms with Crippen molar-refractivity contribution < 1.29 is 14.0 Å². The lowest BCUT2D eigenvalue weighted by molar-refractivity contribution is -0.139. The van der Waals surface area contributed by atoms with Gasteiger partial charge >= 0.3 is 0 Å². The first-order chi connectivity index (χ1) is 10.4. The molecule has 0 aromatic heterocycles. The molecule has 0 heterocycles. The molecule has 1 aliphatic rings. The zero-order chi connectivity index (χ0) is 16.2. The number of amides is 2. The predicted octanol–water partition coefficient (Wildman–Crippen LogP) is 3.24. The molecule has 1 aliphatic carbocycles. The molecule has 0 aliphatic heterocycles. The van der Waals surface area contributed by atoms with Crippen LogP contribution in [0.2, 0.25) is 0 Å². The summed E-state index contributed by atoms with van der Waals surface area (Å²) in [7, 11) is 0. The molecule has 4 nitrogen and oxygen atoms in total. The van der Waals surface area contributed by atoms with Crippen LogP contribution in [0.3, 0.4) is 0 Å². The lowest BCUT2D eigenvalue weighted by Crippen LogP contribution is -2.49. The van der Waals surface area contributed by atoms with Crippen LogP contribution in [0, 0.1) is 11.2 Å². The van der Waals surface area contributed by atoms with Gasteiger partial charge in [-0.25, -0.2) is 4.39 Å². The fourth-order valence-corrected chi connectivity index (χ4v) is 2.57. The average molecular weight is 306 g/mol. The summed E-state index contributed by atoms with van der Waals surface area (Å²) in [4.78, 5) is 24.7. The summed E-state index contributed by atoms with van der Waals surface area (Å²) >= 11 is 0. The Balaban J connectivity index is 1.98. The first-order valence-electron chi connectivity index (χ1n) is 7.77. The van der Waals surface area contributed by atoms with Crippen LogP contribution in [0.1, 0.15) is 46.0 Å². The Morgan fingerprint density at radius 1 is 1.14 bits per heavy atom. The molecule has 5 heteroatoms. The smallest absolute Gasteiger partial charge is 0.239 e. The van der Waals surface area contributed by atoms with Crippen molar-refractivity contribution >= 4 is 17.5 Å². The van der Waals surface area contributed by atoms with Gasteiger partial charge in [-0.1, -0.05) is 25.3 Å². The van der Waals surface area contributed by atoms with Crippen molar-refractivity contribution in [3.63, 3.8) is 0 Å². The molecule has 2 rings (SSSR count). The monoisotopic (exact) mass is 306 g/mol. The minimum absolute atomic E-state index is 0.155. The molecular weight excluding hydrogens is 283 g/mol. The first kappa shape index (κ1) is 16.5. The third kappa shape index (κ3) is 4.06. The van der Waals surface area contributed by atoms with Crippen molar-refractivity contribution in [2.24, 2.45) is 5.41 Å². The summed E-state index contributed by atoms with van der Waals surface area (Å²) in [5.41, 5.74) is -0.854. The standard InChI is InChI=1S/C17H23FN2O2/c1-17(2,15(21)19-13-8-4-3-5-9-13)16(22)20-14-10-6-7-12(18)11-14/h6-7,10-11,13H,3-5,8-9H2,1-2H3,(H,19,21)(H,20,22). The van der Waals surface area contributed by atoms with Crippen LogP contribution in [-0.4, -0.2) is 17.9 Å². The van der Waals surface area contributed by atoms with Crippen LogP contribution in [0.25, 0.3) is 0 Å². The normalized spacial score (nSPS) is 16.1. The van der Waals surface area contributed by atoms with Crippen LogP contribution in [-0.2, 0) is 9.59 Å². The molecule has 2 amide bonds. The highest BCUT2D eigenvalue weighted by Gasteiger charge is 2.37. The van der Waals surface area contributed by atoms with Crippen LogP contribution in [0.4, 0.5) is 10.1 Å². The molecule has 1 aromatic carbocycles. The van der Waals surface area contributed by atoms with Crippen LogP contribution >= 0.6 is 0 Å². The molecule has 0 unspecified atom stereocenters. The van der Waals surface area contributed by atoms with Gasteiger partial charge in [-0.15, -0.1) is 0 Å². The Kier molecular flexibility index (Phi) is 5.16. The van der Waals surface area contributed by atoms with Crippen molar-refractivity contribution in [2.45, 2.75) is 52.0 Å². The van der Waals surface area contributed by atoms with Gasteiger partial charge in [0.15, 0.2) is 0 Å². The van der Waals surface area contributed by atoms with Crippen LogP contribution in [0.15, 0.2) is 24.3 Å². The number of carbonyl (C=O) groups is 2. The number of anilines is 1. The summed E-state index contributed by atoms with van der Waals surface area (Å²) < 4.78 is 13.2. The number of carbonyl (C=O) groups excluding carboxylic acids is 2. The van der Waals surface area contributed by atoms with E-state index in [4.69, 9.17) is 0 Å². The van der Waals surface area contributed by atoms with Gasteiger partial charge in [-0.2, -0.15) is 0 Å². The topological polar surface area (TPSA) is 58.2 Å². The second-order valence-corrected chi connectivity index (χ2v) is 6.40. The summed E-state index contributed by atoms with van der Waals surface area (Å²) in [6, 6.07) is 5.79. The van der Waals surface area contributed by atoms with Gasteiger partial charge in [0, 0.05) is 11.7 Å². The highest BCUT2D eigenvalue weighted by Crippen LogP contribution is 2.22. The molecule has 2 N–H and O–H groups in total. The SMILES string of the molecule is CC(C)(C(=O)Nc1cccc(F)c1)C(=O)NC1CCCCC1. The van der Waals surface area contributed by atoms with E-state index in [0.29, 0.717) is 5.69 Å². The fourth-order valence-electron chi connectivity index (χ4n) is 2.57. The second kappa shape index (κ2) is 6.90. The molecule has 0 spiro atoms. The molecule has 120 valence electrons. The van der Waals surface area contributed by atoms with E-state index in [-0.39, 0.29) is 11.9 Å². The number of hydrogen-bond donors (Lipinski definition) is 2. The summed E-state index contributed by atoms with van der Waals surface area (Å²) in [5.74, 6) is -1.15.